The van der Waals surface area contributed by atoms with E-state index in [4.69, 9.17) is 11.6 Å². The van der Waals surface area contributed by atoms with Gasteiger partial charge in [0, 0.05) is 10.0 Å². The zero-order valence-electron chi connectivity index (χ0n) is 6.53. The van der Waals surface area contributed by atoms with Gasteiger partial charge in [0.25, 0.3) is 0 Å². The van der Waals surface area contributed by atoms with Gasteiger partial charge < -0.3 is 0 Å². The molecule has 0 radical (unpaired) electrons. The molecule has 0 aliphatic heterocycles. The molecular weight excluding hydrogens is 284 g/mol. The fourth-order valence-corrected chi connectivity index (χ4v) is 1.71. The monoisotopic (exact) mass is 286 g/mol. The molecular formula is C8H3BrClF3O. The van der Waals surface area contributed by atoms with Crippen LogP contribution in [-0.2, 0) is 6.18 Å². The van der Waals surface area contributed by atoms with E-state index in [-0.39, 0.29) is 10.0 Å². The number of aldehydes is 1. The van der Waals surface area contributed by atoms with Crippen LogP contribution in [0.15, 0.2) is 16.6 Å². The Balaban J connectivity index is 3.39. The van der Waals surface area contributed by atoms with Gasteiger partial charge in [-0.1, -0.05) is 27.5 Å². The van der Waals surface area contributed by atoms with Gasteiger partial charge in [0.15, 0.2) is 6.29 Å². The predicted molar refractivity (Wildman–Crippen MR) is 49.5 cm³/mol. The predicted octanol–water partition coefficient (Wildman–Crippen LogP) is 3.93. The number of hydrogen-bond acceptors (Lipinski definition) is 1. The number of alkyl halides is 3. The van der Waals surface area contributed by atoms with E-state index in [1.807, 2.05) is 0 Å². The lowest BCUT2D eigenvalue weighted by atomic mass is 10.1. The van der Waals surface area contributed by atoms with Crippen LogP contribution in [0.4, 0.5) is 13.2 Å². The fourth-order valence-electron chi connectivity index (χ4n) is 0.873. The van der Waals surface area contributed by atoms with Crippen molar-refractivity contribution in [2.24, 2.45) is 0 Å². The second kappa shape index (κ2) is 3.90. The third-order valence-corrected chi connectivity index (χ3v) is 2.52. The molecule has 0 unspecified atom stereocenters. The van der Waals surface area contributed by atoms with Crippen LogP contribution in [0.25, 0.3) is 0 Å². The molecule has 0 aliphatic rings. The molecule has 0 saturated heterocycles. The van der Waals surface area contributed by atoms with Crippen LogP contribution in [0.1, 0.15) is 15.9 Å². The Bertz CT molecular complexity index is 376. The zero-order valence-corrected chi connectivity index (χ0v) is 8.87. The van der Waals surface area contributed by atoms with Crippen LogP contribution in [-0.4, -0.2) is 6.29 Å². The van der Waals surface area contributed by atoms with Crippen molar-refractivity contribution < 1.29 is 18.0 Å². The number of carbonyl (C=O) groups is 1. The molecule has 0 amide bonds. The van der Waals surface area contributed by atoms with Gasteiger partial charge in [0.2, 0.25) is 0 Å². The van der Waals surface area contributed by atoms with Crippen molar-refractivity contribution in [2.75, 3.05) is 0 Å². The van der Waals surface area contributed by atoms with Gasteiger partial charge in [-0.05, 0) is 12.1 Å². The highest BCUT2D eigenvalue weighted by molar-refractivity contribution is 9.10. The highest BCUT2D eigenvalue weighted by atomic mass is 79.9. The second-order valence-electron chi connectivity index (χ2n) is 2.47. The summed E-state index contributed by atoms with van der Waals surface area (Å²) in [5, 5.41) is -0.435. The smallest absolute Gasteiger partial charge is 0.298 e. The molecule has 0 bridgehead atoms. The zero-order chi connectivity index (χ0) is 10.9. The van der Waals surface area contributed by atoms with Gasteiger partial charge in [-0.3, -0.25) is 4.79 Å². The molecule has 76 valence electrons. The Labute approximate surface area is 91.0 Å². The lowest BCUT2D eigenvalue weighted by molar-refractivity contribution is -0.137. The summed E-state index contributed by atoms with van der Waals surface area (Å²) in [5.74, 6) is 0. The van der Waals surface area contributed by atoms with Gasteiger partial charge in [0.05, 0.1) is 10.6 Å². The minimum Gasteiger partial charge on any atom is -0.298 e. The maximum Gasteiger partial charge on any atom is 0.417 e. The molecule has 0 spiro atoms. The largest absolute Gasteiger partial charge is 0.417 e. The van der Waals surface area contributed by atoms with E-state index in [1.165, 1.54) is 0 Å². The number of carbonyl (C=O) groups excluding carboxylic acids is 1. The van der Waals surface area contributed by atoms with Crippen molar-refractivity contribution in [1.29, 1.82) is 0 Å². The Morgan fingerprint density at radius 2 is 1.93 bits per heavy atom. The molecule has 0 aromatic heterocycles. The Morgan fingerprint density at radius 3 is 2.36 bits per heavy atom. The minimum atomic E-state index is -4.55. The summed E-state index contributed by atoms with van der Waals surface area (Å²) in [7, 11) is 0. The Hall–Kier alpha value is -0.550. The molecule has 1 rings (SSSR count). The molecule has 0 saturated carbocycles. The second-order valence-corrected chi connectivity index (χ2v) is 3.73. The molecule has 1 nitrogen and oxygen atoms in total. The van der Waals surface area contributed by atoms with E-state index < -0.39 is 16.8 Å². The molecule has 6 heteroatoms. The number of benzene rings is 1. The maximum absolute atomic E-state index is 12.3. The summed E-state index contributed by atoms with van der Waals surface area (Å²) in [5.41, 5.74) is -1.09. The van der Waals surface area contributed by atoms with Crippen molar-refractivity contribution in [3.8, 4) is 0 Å². The van der Waals surface area contributed by atoms with Crippen molar-refractivity contribution in [1.82, 2.24) is 0 Å². The van der Waals surface area contributed by atoms with Crippen LogP contribution in [0.2, 0.25) is 5.02 Å². The van der Waals surface area contributed by atoms with Crippen molar-refractivity contribution >= 4 is 33.8 Å². The Morgan fingerprint density at radius 1 is 1.36 bits per heavy atom. The van der Waals surface area contributed by atoms with Crippen molar-refractivity contribution in [3.05, 3.63) is 32.8 Å². The number of hydrogen-bond donors (Lipinski definition) is 0. The summed E-state index contributed by atoms with van der Waals surface area (Å²) >= 11 is 8.30. The van der Waals surface area contributed by atoms with Gasteiger partial charge in [0.1, 0.15) is 0 Å². The van der Waals surface area contributed by atoms with Gasteiger partial charge in [-0.15, -0.1) is 0 Å². The van der Waals surface area contributed by atoms with Gasteiger partial charge in [-0.2, -0.15) is 13.2 Å². The first kappa shape index (κ1) is 11.5. The van der Waals surface area contributed by atoms with Crippen LogP contribution >= 0.6 is 27.5 Å². The van der Waals surface area contributed by atoms with Crippen LogP contribution in [0.5, 0.6) is 0 Å². The summed E-state index contributed by atoms with van der Waals surface area (Å²) in [4.78, 5) is 10.4. The molecule has 1 aromatic rings. The van der Waals surface area contributed by atoms with Crippen LogP contribution < -0.4 is 0 Å². The van der Waals surface area contributed by atoms with E-state index in [1.54, 1.807) is 0 Å². The molecule has 0 heterocycles. The highest BCUT2D eigenvalue weighted by Crippen LogP contribution is 2.37. The minimum absolute atomic E-state index is 0.0817. The Kier molecular flexibility index (Phi) is 3.21. The molecule has 1 aromatic carbocycles. The topological polar surface area (TPSA) is 17.1 Å². The first-order valence-electron chi connectivity index (χ1n) is 3.37. The summed E-state index contributed by atoms with van der Waals surface area (Å²) < 4.78 is 37.1. The van der Waals surface area contributed by atoms with E-state index in [9.17, 15) is 18.0 Å². The number of rotatable bonds is 1. The van der Waals surface area contributed by atoms with Crippen molar-refractivity contribution in [3.63, 3.8) is 0 Å². The SMILES string of the molecule is O=Cc1cc(C(F)(F)F)c(Cl)cc1Br. The lowest BCUT2D eigenvalue weighted by Crippen LogP contribution is -2.06. The summed E-state index contributed by atoms with van der Waals surface area (Å²) in [6.45, 7) is 0. The summed E-state index contributed by atoms with van der Waals surface area (Å²) in [6, 6.07) is 1.76. The van der Waals surface area contributed by atoms with Gasteiger partial charge >= 0.3 is 6.18 Å². The maximum atomic E-state index is 12.3. The average Bonchev–Trinajstić information content (AvgIpc) is 2.02. The van der Waals surface area contributed by atoms with Crippen molar-refractivity contribution in [2.45, 2.75) is 6.18 Å². The molecule has 14 heavy (non-hydrogen) atoms. The first-order valence-corrected chi connectivity index (χ1v) is 4.54. The molecule has 0 aliphatic carbocycles. The fraction of sp³-hybridized carbons (Fsp3) is 0.125. The average molecular weight is 287 g/mol. The normalized spacial score (nSPS) is 11.5. The lowest BCUT2D eigenvalue weighted by Gasteiger charge is -2.09. The van der Waals surface area contributed by atoms with E-state index in [0.717, 1.165) is 6.07 Å². The van der Waals surface area contributed by atoms with E-state index in [2.05, 4.69) is 15.9 Å². The molecule has 0 fully saturated rings. The van der Waals surface area contributed by atoms with Crippen LogP contribution in [0, 0.1) is 0 Å². The number of halogens is 5. The van der Waals surface area contributed by atoms with E-state index in [0.29, 0.717) is 12.4 Å². The standard InChI is InChI=1S/C8H3BrClF3O/c9-6-2-7(10)5(8(11,12)13)1-4(6)3-14/h1-3H. The highest BCUT2D eigenvalue weighted by Gasteiger charge is 2.33. The van der Waals surface area contributed by atoms with Gasteiger partial charge in [-0.25, -0.2) is 0 Å². The quantitative estimate of drug-likeness (QED) is 0.715. The third-order valence-electron chi connectivity index (χ3n) is 1.52. The molecule has 0 N–H and O–H groups in total. The van der Waals surface area contributed by atoms with Crippen LogP contribution in [0.3, 0.4) is 0 Å². The van der Waals surface area contributed by atoms with E-state index >= 15 is 0 Å². The molecule has 0 atom stereocenters. The third kappa shape index (κ3) is 2.27. The first-order chi connectivity index (χ1) is 6.36. The summed E-state index contributed by atoms with van der Waals surface area (Å²) in [6.07, 6.45) is -4.22.